The lowest BCUT2D eigenvalue weighted by atomic mass is 9.92. The van der Waals surface area contributed by atoms with E-state index in [9.17, 15) is 0 Å². The van der Waals surface area contributed by atoms with E-state index in [1.165, 1.54) is 12.8 Å². The molecule has 0 aromatic heterocycles. The fourth-order valence-corrected chi connectivity index (χ4v) is 2.79. The van der Waals surface area contributed by atoms with Crippen LogP contribution in [-0.4, -0.2) is 37.3 Å². The Labute approximate surface area is 140 Å². The van der Waals surface area contributed by atoms with Crippen molar-refractivity contribution < 1.29 is 4.74 Å². The van der Waals surface area contributed by atoms with E-state index in [0.717, 1.165) is 31.9 Å². The topological polar surface area (TPSA) is 45.7 Å². The van der Waals surface area contributed by atoms with Crippen molar-refractivity contribution >= 4 is 29.9 Å². The number of halogens is 1. The minimum Gasteiger partial charge on any atom is -0.373 e. The third kappa shape index (κ3) is 5.39. The lowest BCUT2D eigenvalue weighted by Gasteiger charge is -2.23. The van der Waals surface area contributed by atoms with Gasteiger partial charge in [-0.05, 0) is 38.0 Å². The van der Waals surface area contributed by atoms with Crippen LogP contribution in [0.4, 0.5) is 0 Å². The van der Waals surface area contributed by atoms with Crippen LogP contribution < -0.4 is 10.6 Å². The molecule has 0 aromatic rings. The molecule has 3 atom stereocenters. The first-order chi connectivity index (χ1) is 8.98. The number of fused-ring (bicyclic) bond motifs is 2. The summed E-state index contributed by atoms with van der Waals surface area (Å²) < 4.78 is 5.88. The zero-order chi connectivity index (χ0) is 13.9. The summed E-state index contributed by atoms with van der Waals surface area (Å²) in [5, 5.41) is 6.89. The first-order valence-corrected chi connectivity index (χ1v) is 7.68. The summed E-state index contributed by atoms with van der Waals surface area (Å²) in [7, 11) is 0. The first-order valence-electron chi connectivity index (χ1n) is 7.68. The number of hydrogen-bond acceptors (Lipinski definition) is 2. The fraction of sp³-hybridized carbons (Fsp3) is 0.933. The van der Waals surface area contributed by atoms with Gasteiger partial charge in [0.2, 0.25) is 0 Å². The van der Waals surface area contributed by atoms with Gasteiger partial charge in [-0.2, -0.15) is 0 Å². The van der Waals surface area contributed by atoms with Crippen LogP contribution in [0.5, 0.6) is 0 Å². The summed E-state index contributed by atoms with van der Waals surface area (Å²) in [5.74, 6) is 0.952. The van der Waals surface area contributed by atoms with Gasteiger partial charge in [-0.15, -0.1) is 24.0 Å². The molecule has 0 aliphatic carbocycles. The van der Waals surface area contributed by atoms with Gasteiger partial charge in [0.05, 0.1) is 18.2 Å². The number of ether oxygens (including phenoxy) is 1. The van der Waals surface area contributed by atoms with E-state index in [-0.39, 0.29) is 24.0 Å². The second-order valence-corrected chi connectivity index (χ2v) is 6.93. The van der Waals surface area contributed by atoms with Crippen LogP contribution in [0.3, 0.4) is 0 Å². The Balaban J connectivity index is 0.00000200. The van der Waals surface area contributed by atoms with Crippen molar-refractivity contribution in [2.75, 3.05) is 13.1 Å². The summed E-state index contributed by atoms with van der Waals surface area (Å²) in [6.45, 7) is 10.7. The molecule has 4 nitrogen and oxygen atoms in total. The molecule has 0 radical (unpaired) electrons. The maximum Gasteiger partial charge on any atom is 0.191 e. The Morgan fingerprint density at radius 1 is 1.30 bits per heavy atom. The van der Waals surface area contributed by atoms with Gasteiger partial charge in [0.25, 0.3) is 0 Å². The molecule has 2 heterocycles. The smallest absolute Gasteiger partial charge is 0.191 e. The van der Waals surface area contributed by atoms with Crippen molar-refractivity contribution in [3.63, 3.8) is 0 Å². The van der Waals surface area contributed by atoms with Crippen LogP contribution in [-0.2, 0) is 4.74 Å². The standard InChI is InChI=1S/C15H29N3O.HI/c1-5-16-14(17-9-8-15(2,3)4)18-12-10-11-6-7-13(12)19-11;/h11-13H,5-10H2,1-4H3,(H2,16,17,18);1H. The van der Waals surface area contributed by atoms with Crippen molar-refractivity contribution in [2.24, 2.45) is 10.4 Å². The van der Waals surface area contributed by atoms with Crippen molar-refractivity contribution in [1.82, 2.24) is 10.6 Å². The molecule has 2 fully saturated rings. The van der Waals surface area contributed by atoms with Crippen molar-refractivity contribution in [3.05, 3.63) is 0 Å². The van der Waals surface area contributed by atoms with Gasteiger partial charge in [0, 0.05) is 13.1 Å². The molecule has 2 aliphatic heterocycles. The van der Waals surface area contributed by atoms with Gasteiger partial charge >= 0.3 is 0 Å². The molecule has 3 unspecified atom stereocenters. The van der Waals surface area contributed by atoms with E-state index >= 15 is 0 Å². The largest absolute Gasteiger partial charge is 0.373 e. The highest BCUT2D eigenvalue weighted by atomic mass is 127. The van der Waals surface area contributed by atoms with E-state index in [0.29, 0.717) is 23.7 Å². The molecule has 2 N–H and O–H groups in total. The lowest BCUT2D eigenvalue weighted by Crippen LogP contribution is -2.47. The van der Waals surface area contributed by atoms with Gasteiger partial charge in [-0.1, -0.05) is 20.8 Å². The van der Waals surface area contributed by atoms with Gasteiger partial charge in [0.1, 0.15) is 0 Å². The molecule has 5 heteroatoms. The molecule has 0 amide bonds. The monoisotopic (exact) mass is 395 g/mol. The molecule has 2 bridgehead atoms. The van der Waals surface area contributed by atoms with Crippen LogP contribution >= 0.6 is 24.0 Å². The molecule has 0 aromatic carbocycles. The van der Waals surface area contributed by atoms with Crippen LogP contribution in [0, 0.1) is 5.41 Å². The Kier molecular flexibility index (Phi) is 7.04. The average molecular weight is 395 g/mol. The highest BCUT2D eigenvalue weighted by Gasteiger charge is 2.41. The summed E-state index contributed by atoms with van der Waals surface area (Å²) in [5.41, 5.74) is 0.344. The second kappa shape index (κ2) is 7.82. The van der Waals surface area contributed by atoms with Gasteiger partial charge in [-0.3, -0.25) is 4.99 Å². The van der Waals surface area contributed by atoms with Crippen molar-refractivity contribution in [3.8, 4) is 0 Å². The number of hydrogen-bond donors (Lipinski definition) is 2. The van der Waals surface area contributed by atoms with Gasteiger partial charge in [-0.25, -0.2) is 0 Å². The number of aliphatic imine (C=N–C) groups is 1. The summed E-state index contributed by atoms with van der Waals surface area (Å²) in [6, 6.07) is 0.450. The predicted octanol–water partition coefficient (Wildman–Crippen LogP) is 2.92. The predicted molar refractivity (Wildman–Crippen MR) is 94.9 cm³/mol. The van der Waals surface area contributed by atoms with E-state index in [1.807, 2.05) is 0 Å². The SMILES string of the molecule is CCNC(=NCCC(C)(C)C)NC1CC2CCC1O2.I. The maximum atomic E-state index is 5.88. The summed E-state index contributed by atoms with van der Waals surface area (Å²) in [6.07, 6.45) is 5.56. The highest BCUT2D eigenvalue weighted by molar-refractivity contribution is 14.0. The van der Waals surface area contributed by atoms with Crippen molar-refractivity contribution in [1.29, 1.82) is 0 Å². The summed E-state index contributed by atoms with van der Waals surface area (Å²) in [4.78, 5) is 4.68. The zero-order valence-corrected chi connectivity index (χ0v) is 15.6. The van der Waals surface area contributed by atoms with Crippen molar-refractivity contribution in [2.45, 2.75) is 71.6 Å². The number of nitrogens with one attached hydrogen (secondary N) is 2. The molecule has 118 valence electrons. The Morgan fingerprint density at radius 2 is 2.05 bits per heavy atom. The van der Waals surface area contributed by atoms with E-state index in [2.05, 4.69) is 43.3 Å². The first kappa shape index (κ1) is 18.0. The molecular formula is C15H30IN3O. The van der Waals surface area contributed by atoms with Crippen LogP contribution in [0.15, 0.2) is 4.99 Å². The number of rotatable bonds is 4. The maximum absolute atomic E-state index is 5.88. The van der Waals surface area contributed by atoms with Gasteiger partial charge in [0.15, 0.2) is 5.96 Å². The number of guanidine groups is 1. The lowest BCUT2D eigenvalue weighted by molar-refractivity contribution is 0.0992. The van der Waals surface area contributed by atoms with E-state index in [4.69, 9.17) is 4.74 Å². The fourth-order valence-electron chi connectivity index (χ4n) is 2.79. The minimum absolute atomic E-state index is 0. The average Bonchev–Trinajstić information content (AvgIpc) is 2.89. The van der Waals surface area contributed by atoms with E-state index < -0.39 is 0 Å². The quantitative estimate of drug-likeness (QED) is 0.437. The van der Waals surface area contributed by atoms with Gasteiger partial charge < -0.3 is 15.4 Å². The Morgan fingerprint density at radius 3 is 2.55 bits per heavy atom. The highest BCUT2D eigenvalue weighted by Crippen LogP contribution is 2.34. The van der Waals surface area contributed by atoms with Crippen LogP contribution in [0.1, 0.15) is 53.4 Å². The normalized spacial score (nSPS) is 29.2. The molecule has 0 spiro atoms. The third-order valence-corrected chi connectivity index (χ3v) is 3.90. The number of nitrogens with zero attached hydrogens (tertiary/aromatic N) is 1. The second-order valence-electron chi connectivity index (χ2n) is 6.93. The third-order valence-electron chi connectivity index (χ3n) is 3.90. The van der Waals surface area contributed by atoms with Crippen LogP contribution in [0.2, 0.25) is 0 Å². The minimum atomic E-state index is 0. The molecule has 2 rings (SSSR count). The Bertz CT molecular complexity index is 328. The molecule has 0 saturated carbocycles. The van der Waals surface area contributed by atoms with Crippen LogP contribution in [0.25, 0.3) is 0 Å². The zero-order valence-electron chi connectivity index (χ0n) is 13.2. The molecular weight excluding hydrogens is 365 g/mol. The molecule has 2 aliphatic rings. The molecule has 2 saturated heterocycles. The molecule has 20 heavy (non-hydrogen) atoms. The summed E-state index contributed by atoms with van der Waals surface area (Å²) >= 11 is 0. The van der Waals surface area contributed by atoms with E-state index in [1.54, 1.807) is 0 Å². The Hall–Kier alpha value is -0.0400.